The minimum absolute atomic E-state index is 0.0168. The van der Waals surface area contributed by atoms with Gasteiger partial charge in [0, 0.05) is 43.7 Å². The zero-order valence-corrected chi connectivity index (χ0v) is 40.1. The average Bonchev–Trinajstić information content (AvgIpc) is 4.04. The van der Waals surface area contributed by atoms with Gasteiger partial charge in [-0.05, 0) is 122 Å². The number of benzene rings is 4. The third kappa shape index (κ3) is 11.1. The van der Waals surface area contributed by atoms with E-state index in [9.17, 15) is 24.3 Å². The predicted octanol–water partition coefficient (Wildman–Crippen LogP) is 7.50. The first-order chi connectivity index (χ1) is 32.5. The molecule has 15 nitrogen and oxygen atoms in total. The molecule has 2 aliphatic rings. The number of aryl methyl sites for hydroxylation is 1. The summed E-state index contributed by atoms with van der Waals surface area (Å²) in [5, 5.41) is 23.6. The molecular weight excluding hydrogens is 881 g/mol. The number of nitrogens with zero attached hydrogens (tertiary/aromatic N) is 5. The van der Waals surface area contributed by atoms with E-state index in [1.807, 2.05) is 131 Å². The normalized spacial score (nSPS) is 17.2. The van der Waals surface area contributed by atoms with Gasteiger partial charge in [-0.2, -0.15) is 5.10 Å². The van der Waals surface area contributed by atoms with Crippen LogP contribution in [0.3, 0.4) is 0 Å². The molecule has 354 valence electrons. The first kappa shape index (κ1) is 49.0. The van der Waals surface area contributed by atoms with Gasteiger partial charge in [-0.15, -0.1) is 0 Å². The van der Waals surface area contributed by atoms with Crippen LogP contribution in [0, 0.1) is 18.9 Å². The molecule has 0 unspecified atom stereocenters. The van der Waals surface area contributed by atoms with Gasteiger partial charge in [-0.3, -0.25) is 29.2 Å². The summed E-state index contributed by atoms with van der Waals surface area (Å²) in [4.78, 5) is 62.4. The number of anilines is 2. The van der Waals surface area contributed by atoms with Gasteiger partial charge in [-0.25, -0.2) is 4.85 Å². The molecule has 0 aliphatic carbocycles. The van der Waals surface area contributed by atoms with Crippen molar-refractivity contribution in [1.29, 1.82) is 0 Å². The maximum Gasteiger partial charge on any atom is 0.259 e. The summed E-state index contributed by atoms with van der Waals surface area (Å²) >= 11 is 5.86. The maximum absolute atomic E-state index is 14.0. The molecule has 5 aromatic rings. The van der Waals surface area contributed by atoms with Crippen LogP contribution >= 0.6 is 12.2 Å². The van der Waals surface area contributed by atoms with Crippen LogP contribution in [0.5, 0.6) is 5.75 Å². The molecule has 7 rings (SSSR count). The largest absolute Gasteiger partial charge is 0.494 e. The molecule has 2 aliphatic heterocycles. The summed E-state index contributed by atoms with van der Waals surface area (Å²) in [6.07, 6.45) is 2.23. The molecule has 4 aromatic carbocycles. The highest BCUT2D eigenvalue weighted by atomic mass is 32.1. The Morgan fingerprint density at radius 3 is 2.22 bits per heavy atom. The second-order valence-corrected chi connectivity index (χ2v) is 19.1. The summed E-state index contributed by atoms with van der Waals surface area (Å²) in [5.74, 6) is -0.701. The van der Waals surface area contributed by atoms with E-state index in [1.54, 1.807) is 23.2 Å². The number of β-amino-alcohol motifs (C(OH)–C–C–N with tert-alkyl or cyclic N) is 1. The molecule has 0 bridgehead atoms. The number of thiocarbonyl (C=S) groups is 1. The molecule has 3 atom stereocenters. The zero-order valence-electron chi connectivity index (χ0n) is 39.2. The second kappa shape index (κ2) is 20.9. The topological polar surface area (TPSA) is 174 Å². The van der Waals surface area contributed by atoms with E-state index in [0.717, 1.165) is 39.2 Å². The number of nitrogens with one attached hydrogen (secondary N) is 3. The molecular formula is C52H58N8O7S. The molecule has 2 saturated heterocycles. The third-order valence-corrected chi connectivity index (χ3v) is 12.6. The number of unbranched alkanes of at least 4 members (excludes halogenated alkanes) is 1. The fourth-order valence-electron chi connectivity index (χ4n) is 8.42. The van der Waals surface area contributed by atoms with Gasteiger partial charge in [-0.1, -0.05) is 75.4 Å². The molecule has 68 heavy (non-hydrogen) atoms. The van der Waals surface area contributed by atoms with E-state index in [0.29, 0.717) is 48.3 Å². The van der Waals surface area contributed by atoms with Gasteiger partial charge < -0.3 is 35.0 Å². The van der Waals surface area contributed by atoms with E-state index < -0.39 is 41.0 Å². The highest BCUT2D eigenvalue weighted by molar-refractivity contribution is 7.81. The van der Waals surface area contributed by atoms with Crippen molar-refractivity contribution in [3.63, 3.8) is 0 Å². The lowest BCUT2D eigenvalue weighted by molar-refractivity contribution is -0.144. The molecule has 0 radical (unpaired) electrons. The minimum Gasteiger partial charge on any atom is -0.494 e. The second-order valence-electron chi connectivity index (χ2n) is 18.7. The average molecular weight is 939 g/mol. The number of carbonyl (C=O) groups excluding carboxylic acids is 4. The van der Waals surface area contributed by atoms with Crippen molar-refractivity contribution >= 4 is 58.0 Å². The lowest BCUT2D eigenvalue weighted by atomic mass is 9.85. The molecule has 16 heteroatoms. The number of hydrogen-bond donors (Lipinski definition) is 4. The number of aliphatic hydroxyl groups excluding tert-OH is 1. The number of hydrogen-bond acceptors (Lipinski definition) is 9. The minimum atomic E-state index is -0.958. The number of aliphatic hydroxyl groups is 1. The van der Waals surface area contributed by atoms with Gasteiger partial charge in [0.2, 0.25) is 17.7 Å². The molecule has 0 saturated carbocycles. The Hall–Kier alpha value is -6.93. The number of amides is 4. The number of likely N-dealkylation sites (tertiary alicyclic amines) is 1. The first-order valence-corrected chi connectivity index (χ1v) is 23.1. The Balaban J connectivity index is 0.831. The molecule has 2 fully saturated rings. The Bertz CT molecular complexity index is 2660. The summed E-state index contributed by atoms with van der Waals surface area (Å²) in [7, 11) is 0. The number of aromatic nitrogens is 2. The van der Waals surface area contributed by atoms with E-state index in [2.05, 4.69) is 25.7 Å². The Labute approximate surface area is 402 Å². The van der Waals surface area contributed by atoms with Gasteiger partial charge in [0.05, 0.1) is 25.0 Å². The van der Waals surface area contributed by atoms with E-state index >= 15 is 0 Å². The maximum atomic E-state index is 14.0. The lowest BCUT2D eigenvalue weighted by Gasteiger charge is -2.35. The number of carbonyl (C=O) groups is 4. The lowest BCUT2D eigenvalue weighted by Crippen LogP contribution is -2.58. The number of ether oxygens (including phenoxy) is 2. The van der Waals surface area contributed by atoms with Crippen LogP contribution in [0.25, 0.3) is 27.2 Å². The number of aromatic amines is 1. The summed E-state index contributed by atoms with van der Waals surface area (Å²) < 4.78 is 11.6. The Morgan fingerprint density at radius 1 is 0.941 bits per heavy atom. The number of rotatable bonds is 17. The monoisotopic (exact) mass is 938 g/mol. The third-order valence-electron chi connectivity index (χ3n) is 12.2. The summed E-state index contributed by atoms with van der Waals surface area (Å²) in [5.41, 5.74) is 5.81. The molecule has 3 heterocycles. The van der Waals surface area contributed by atoms with Crippen molar-refractivity contribution in [1.82, 2.24) is 25.7 Å². The zero-order chi connectivity index (χ0) is 48.8. The summed E-state index contributed by atoms with van der Waals surface area (Å²) in [6, 6.07) is 28.7. The molecule has 4 amide bonds. The van der Waals surface area contributed by atoms with Crippen molar-refractivity contribution < 1.29 is 33.8 Å². The van der Waals surface area contributed by atoms with Crippen LogP contribution in [0.1, 0.15) is 65.0 Å². The SMILES string of the molecule is [C-]#[N+]c1ccc(N2C(=O)C(C)(C)N(c3ccc(-c4ccc(OCCCCOCC(=O)N[C@H](C(=O)N5C[C@H](O)C[C@H]5C(=O)NCc5ccc(-c6ccn[nH]6)cc5)C(C)(C)C)cc4)cc3)C2=S)cc1C. The predicted molar refractivity (Wildman–Crippen MR) is 265 cm³/mol. The summed E-state index contributed by atoms with van der Waals surface area (Å²) in [6.45, 7) is 19.2. The molecule has 4 N–H and O–H groups in total. The van der Waals surface area contributed by atoms with Gasteiger partial charge in [0.15, 0.2) is 10.8 Å². The van der Waals surface area contributed by atoms with Crippen molar-refractivity contribution in [2.75, 3.05) is 36.2 Å². The van der Waals surface area contributed by atoms with E-state index in [1.165, 1.54) is 4.90 Å². The highest BCUT2D eigenvalue weighted by Crippen LogP contribution is 2.38. The fourth-order valence-corrected chi connectivity index (χ4v) is 8.94. The van der Waals surface area contributed by atoms with Crippen molar-refractivity contribution in [3.05, 3.63) is 126 Å². The first-order valence-electron chi connectivity index (χ1n) is 22.7. The van der Waals surface area contributed by atoms with Crippen molar-refractivity contribution in [2.45, 2.75) is 91.1 Å². The standard InChI is InChI=1S/C52H58N8O7S/c1-33-28-39(20-23-42(33)53-7)59-49(65)52(5,6)60(50(59)68)38-18-14-35(15-19-38)36-16-21-41(22-17-36)67-27-9-8-26-66-32-45(62)56-46(51(2,3)4)48(64)58-31-40(61)29-44(58)47(63)54-30-34-10-12-37(13-11-34)43-24-25-55-57-43/h10-25,28,40,44,46,61H,8-9,26-27,29-32H2,1-6H3,(H,54,63)(H,55,57)(H,56,62)/t40-,44+,46-/m1/s1. The van der Waals surface area contributed by atoms with Crippen molar-refractivity contribution in [3.8, 4) is 28.1 Å². The quantitative estimate of drug-likeness (QED) is 0.0416. The smallest absolute Gasteiger partial charge is 0.259 e. The van der Waals surface area contributed by atoms with Crippen LogP contribution in [0.2, 0.25) is 0 Å². The van der Waals surface area contributed by atoms with Gasteiger partial charge in [0.25, 0.3) is 5.91 Å². The van der Waals surface area contributed by atoms with Crippen LogP contribution in [0.4, 0.5) is 17.1 Å². The van der Waals surface area contributed by atoms with Gasteiger partial charge in [0.1, 0.15) is 30.0 Å². The molecule has 0 spiro atoms. The Kier molecular flexibility index (Phi) is 15.1. The van der Waals surface area contributed by atoms with E-state index in [-0.39, 0.29) is 37.9 Å². The van der Waals surface area contributed by atoms with Crippen molar-refractivity contribution in [2.24, 2.45) is 5.41 Å². The fraction of sp³-hybridized carbons (Fsp3) is 0.365. The highest BCUT2D eigenvalue weighted by Gasteiger charge is 2.50. The molecule has 1 aromatic heterocycles. The van der Waals surface area contributed by atoms with E-state index in [4.69, 9.17) is 28.3 Å². The van der Waals surface area contributed by atoms with Crippen LogP contribution < -0.4 is 25.2 Å². The van der Waals surface area contributed by atoms with Crippen LogP contribution in [-0.4, -0.2) is 99.0 Å². The van der Waals surface area contributed by atoms with Crippen LogP contribution in [0.15, 0.2) is 103 Å². The Morgan fingerprint density at radius 2 is 1.59 bits per heavy atom. The van der Waals surface area contributed by atoms with Gasteiger partial charge >= 0.3 is 0 Å². The number of H-pyrrole nitrogens is 1. The van der Waals surface area contributed by atoms with Crippen LogP contribution in [-0.2, 0) is 30.5 Å².